The minimum atomic E-state index is -0.123. The number of imidazole rings is 1. The van der Waals surface area contributed by atoms with Crippen LogP contribution in [0.5, 0.6) is 0 Å². The summed E-state index contributed by atoms with van der Waals surface area (Å²) < 4.78 is 2.00. The number of benzene rings is 1. The third-order valence-corrected chi connectivity index (χ3v) is 4.32. The third-order valence-electron chi connectivity index (χ3n) is 4.32. The normalized spacial score (nSPS) is 11.2. The number of H-pyrrole nitrogens is 1. The number of aromatic amines is 1. The first-order valence-corrected chi connectivity index (χ1v) is 8.56. The van der Waals surface area contributed by atoms with Crippen LogP contribution in [-0.2, 0) is 17.8 Å². The van der Waals surface area contributed by atoms with Crippen molar-refractivity contribution >= 4 is 22.9 Å². The maximum absolute atomic E-state index is 12.0. The van der Waals surface area contributed by atoms with Crippen molar-refractivity contribution in [3.8, 4) is 0 Å². The number of hydrogen-bond acceptors (Lipinski definition) is 4. The van der Waals surface area contributed by atoms with Gasteiger partial charge in [-0.3, -0.25) is 14.8 Å². The van der Waals surface area contributed by atoms with Gasteiger partial charge in [-0.2, -0.15) is 5.10 Å². The highest BCUT2D eigenvalue weighted by Gasteiger charge is 2.10. The van der Waals surface area contributed by atoms with E-state index >= 15 is 0 Å². The van der Waals surface area contributed by atoms with Crippen LogP contribution in [0.2, 0.25) is 0 Å². The molecule has 3 aromatic rings. The SMILES string of the molecule is CCc1c(C)nn(CCNCC(=O)Nc2nc3ccccc3[nH]2)c1C. The van der Waals surface area contributed by atoms with Crippen LogP contribution in [0.1, 0.15) is 23.9 Å². The Morgan fingerprint density at radius 1 is 1.28 bits per heavy atom. The van der Waals surface area contributed by atoms with E-state index in [9.17, 15) is 4.79 Å². The molecule has 0 aliphatic heterocycles. The number of carbonyl (C=O) groups is 1. The van der Waals surface area contributed by atoms with Crippen LogP contribution in [0, 0.1) is 13.8 Å². The van der Waals surface area contributed by atoms with Gasteiger partial charge < -0.3 is 10.3 Å². The van der Waals surface area contributed by atoms with E-state index in [0.717, 1.165) is 29.7 Å². The molecule has 2 heterocycles. The lowest BCUT2D eigenvalue weighted by Crippen LogP contribution is -2.31. The Bertz CT molecular complexity index is 846. The van der Waals surface area contributed by atoms with Gasteiger partial charge in [-0.15, -0.1) is 0 Å². The summed E-state index contributed by atoms with van der Waals surface area (Å²) >= 11 is 0. The highest BCUT2D eigenvalue weighted by molar-refractivity contribution is 5.92. The molecule has 1 amide bonds. The predicted octanol–water partition coefficient (Wildman–Crippen LogP) is 2.17. The summed E-state index contributed by atoms with van der Waals surface area (Å²) in [7, 11) is 0. The van der Waals surface area contributed by atoms with Gasteiger partial charge in [0.05, 0.1) is 29.8 Å². The van der Waals surface area contributed by atoms with Gasteiger partial charge in [0.15, 0.2) is 0 Å². The molecule has 3 N–H and O–H groups in total. The Labute approximate surface area is 146 Å². The van der Waals surface area contributed by atoms with Crippen LogP contribution in [0.4, 0.5) is 5.95 Å². The number of hydrogen-bond donors (Lipinski definition) is 3. The number of carbonyl (C=O) groups excluding carboxylic acids is 1. The molecular weight excluding hydrogens is 316 g/mol. The van der Waals surface area contributed by atoms with Crippen molar-refractivity contribution in [3.63, 3.8) is 0 Å². The number of para-hydroxylation sites is 2. The molecule has 7 heteroatoms. The first-order valence-electron chi connectivity index (χ1n) is 8.56. The summed E-state index contributed by atoms with van der Waals surface area (Å²) in [6, 6.07) is 7.67. The number of nitrogens with zero attached hydrogens (tertiary/aromatic N) is 3. The third kappa shape index (κ3) is 3.88. The van der Waals surface area contributed by atoms with E-state index in [4.69, 9.17) is 0 Å². The van der Waals surface area contributed by atoms with Crippen molar-refractivity contribution in [2.45, 2.75) is 33.7 Å². The molecule has 132 valence electrons. The van der Waals surface area contributed by atoms with Crippen LogP contribution in [0.25, 0.3) is 11.0 Å². The van der Waals surface area contributed by atoms with Gasteiger partial charge in [0.2, 0.25) is 11.9 Å². The molecule has 0 atom stereocenters. The Kier molecular flexibility index (Phi) is 5.14. The zero-order valence-corrected chi connectivity index (χ0v) is 14.9. The van der Waals surface area contributed by atoms with E-state index in [1.54, 1.807) is 0 Å². The van der Waals surface area contributed by atoms with Crippen LogP contribution in [0.15, 0.2) is 24.3 Å². The first kappa shape index (κ1) is 17.2. The molecule has 0 saturated carbocycles. The Morgan fingerprint density at radius 3 is 2.80 bits per heavy atom. The number of anilines is 1. The number of aromatic nitrogens is 4. The zero-order valence-electron chi connectivity index (χ0n) is 14.9. The maximum Gasteiger partial charge on any atom is 0.240 e. The molecule has 2 aromatic heterocycles. The Balaban J connectivity index is 1.46. The second kappa shape index (κ2) is 7.48. The largest absolute Gasteiger partial charge is 0.324 e. The van der Waals surface area contributed by atoms with Crippen molar-refractivity contribution in [2.75, 3.05) is 18.4 Å². The highest BCUT2D eigenvalue weighted by Crippen LogP contribution is 2.13. The lowest BCUT2D eigenvalue weighted by Gasteiger charge is -2.07. The molecule has 0 saturated heterocycles. The average molecular weight is 340 g/mol. The van der Waals surface area contributed by atoms with Crippen LogP contribution >= 0.6 is 0 Å². The maximum atomic E-state index is 12.0. The first-order chi connectivity index (χ1) is 12.1. The fourth-order valence-electron chi connectivity index (χ4n) is 3.04. The molecule has 0 spiro atoms. The number of aryl methyl sites for hydroxylation is 1. The Hall–Kier alpha value is -2.67. The highest BCUT2D eigenvalue weighted by atomic mass is 16.2. The van der Waals surface area contributed by atoms with E-state index in [1.165, 1.54) is 11.3 Å². The summed E-state index contributed by atoms with van der Waals surface area (Å²) in [5.41, 5.74) is 5.34. The van der Waals surface area contributed by atoms with Gasteiger partial charge >= 0.3 is 0 Å². The molecule has 1 aromatic carbocycles. The lowest BCUT2D eigenvalue weighted by atomic mass is 10.1. The molecule has 0 bridgehead atoms. The fourth-order valence-corrected chi connectivity index (χ4v) is 3.04. The molecule has 3 rings (SSSR count). The predicted molar refractivity (Wildman–Crippen MR) is 98.7 cm³/mol. The van der Waals surface area contributed by atoms with Gasteiger partial charge in [0.25, 0.3) is 0 Å². The monoisotopic (exact) mass is 340 g/mol. The van der Waals surface area contributed by atoms with Crippen molar-refractivity contribution in [2.24, 2.45) is 0 Å². The van der Waals surface area contributed by atoms with Gasteiger partial charge in [0, 0.05) is 12.2 Å². The number of nitrogens with one attached hydrogen (secondary N) is 3. The second-order valence-corrected chi connectivity index (χ2v) is 6.05. The van der Waals surface area contributed by atoms with Crippen LogP contribution in [-0.4, -0.2) is 38.7 Å². The summed E-state index contributed by atoms with van der Waals surface area (Å²) in [5, 5.41) is 10.5. The lowest BCUT2D eigenvalue weighted by molar-refractivity contribution is -0.115. The molecule has 0 unspecified atom stereocenters. The molecule has 0 fully saturated rings. The van der Waals surface area contributed by atoms with Crippen molar-refractivity contribution in [1.29, 1.82) is 0 Å². The van der Waals surface area contributed by atoms with Gasteiger partial charge in [-0.05, 0) is 38.0 Å². The minimum absolute atomic E-state index is 0.123. The summed E-state index contributed by atoms with van der Waals surface area (Å²) in [5.74, 6) is 0.348. The van der Waals surface area contributed by atoms with Gasteiger partial charge in [-0.25, -0.2) is 4.98 Å². The molecule has 0 aliphatic rings. The minimum Gasteiger partial charge on any atom is -0.324 e. The molecule has 7 nitrogen and oxygen atoms in total. The smallest absolute Gasteiger partial charge is 0.240 e. The standard InChI is InChI=1S/C18H24N6O/c1-4-14-12(2)23-24(13(14)3)10-9-19-11-17(25)22-18-20-15-7-5-6-8-16(15)21-18/h5-8,19H,4,9-11H2,1-3H3,(H2,20,21,22,25). The second-order valence-electron chi connectivity index (χ2n) is 6.05. The Morgan fingerprint density at radius 2 is 2.08 bits per heavy atom. The van der Waals surface area contributed by atoms with E-state index in [1.807, 2.05) is 35.9 Å². The zero-order chi connectivity index (χ0) is 17.8. The molecule has 0 aliphatic carbocycles. The van der Waals surface area contributed by atoms with Crippen molar-refractivity contribution < 1.29 is 4.79 Å². The van der Waals surface area contributed by atoms with Crippen molar-refractivity contribution in [3.05, 3.63) is 41.2 Å². The van der Waals surface area contributed by atoms with Crippen LogP contribution in [0.3, 0.4) is 0 Å². The van der Waals surface area contributed by atoms with E-state index in [0.29, 0.717) is 12.5 Å². The summed E-state index contributed by atoms with van der Waals surface area (Å²) in [6.07, 6.45) is 0.991. The van der Waals surface area contributed by atoms with Gasteiger partial charge in [0.1, 0.15) is 0 Å². The van der Waals surface area contributed by atoms with E-state index < -0.39 is 0 Å². The molecular formula is C18H24N6O. The topological polar surface area (TPSA) is 87.6 Å². The fraction of sp³-hybridized carbons (Fsp3) is 0.389. The number of fused-ring (bicyclic) bond motifs is 1. The average Bonchev–Trinajstić information content (AvgIpc) is 3.11. The number of amides is 1. The van der Waals surface area contributed by atoms with Crippen LogP contribution < -0.4 is 10.6 Å². The summed E-state index contributed by atoms with van der Waals surface area (Å²) in [6.45, 7) is 7.92. The quantitative estimate of drug-likeness (QED) is 0.575. The molecule has 0 radical (unpaired) electrons. The molecule has 25 heavy (non-hydrogen) atoms. The van der Waals surface area contributed by atoms with Gasteiger partial charge in [-0.1, -0.05) is 19.1 Å². The summed E-state index contributed by atoms with van der Waals surface area (Å²) in [4.78, 5) is 19.4. The number of rotatable bonds is 7. The van der Waals surface area contributed by atoms with E-state index in [2.05, 4.69) is 39.5 Å². The van der Waals surface area contributed by atoms with Crippen molar-refractivity contribution in [1.82, 2.24) is 25.1 Å². The van der Waals surface area contributed by atoms with E-state index in [-0.39, 0.29) is 12.5 Å².